The van der Waals surface area contributed by atoms with Crippen molar-refractivity contribution in [2.45, 2.75) is 51.4 Å². The lowest BCUT2D eigenvalue weighted by Crippen LogP contribution is -2.34. The summed E-state index contributed by atoms with van der Waals surface area (Å²) >= 11 is 0. The molecule has 0 fully saturated rings. The molecule has 0 bridgehead atoms. The standard InChI is InChI=1S/C22H33N2O5P/c1-28-30(27)29-18-10-3-2-8-16-23-21(25)14-15-22(26)24-17-9-4-5-11-19-12-6-7-13-20(19)24/h5-7,11-13,27H,2-4,8-10,14-18H2,1H3,(H,23,25)/b11-5-. The summed E-state index contributed by atoms with van der Waals surface area (Å²) in [6.45, 7) is 1.75. The number of nitrogens with zero attached hydrogens (tertiary/aromatic N) is 1. The van der Waals surface area contributed by atoms with E-state index in [2.05, 4.69) is 22.0 Å². The number of carbonyl (C=O) groups excluding carboxylic acids is 2. The Morgan fingerprint density at radius 3 is 2.80 bits per heavy atom. The number of rotatable bonds is 12. The molecule has 2 amide bonds. The average molecular weight is 436 g/mol. The fraction of sp³-hybridized carbons (Fsp3) is 0.545. The summed E-state index contributed by atoms with van der Waals surface area (Å²) in [5.74, 6) is -0.0919. The number of para-hydroxylation sites is 1. The number of hydrogen-bond acceptors (Lipinski definition) is 5. The van der Waals surface area contributed by atoms with Gasteiger partial charge in [-0.2, -0.15) is 0 Å². The van der Waals surface area contributed by atoms with Crippen LogP contribution in [-0.2, 0) is 18.6 Å². The number of amides is 2. The third-order valence-electron chi connectivity index (χ3n) is 4.90. The highest BCUT2D eigenvalue weighted by Crippen LogP contribution is 2.31. The molecule has 1 heterocycles. The molecular weight excluding hydrogens is 403 g/mol. The van der Waals surface area contributed by atoms with E-state index in [1.165, 1.54) is 7.11 Å². The van der Waals surface area contributed by atoms with E-state index in [-0.39, 0.29) is 24.7 Å². The summed E-state index contributed by atoms with van der Waals surface area (Å²) < 4.78 is 9.72. The molecule has 1 unspecified atom stereocenters. The smallest absolute Gasteiger partial charge is 0.329 e. The lowest BCUT2D eigenvalue weighted by molar-refractivity contribution is -0.125. The van der Waals surface area contributed by atoms with Gasteiger partial charge in [-0.15, -0.1) is 0 Å². The van der Waals surface area contributed by atoms with E-state index >= 15 is 0 Å². The van der Waals surface area contributed by atoms with Crippen LogP contribution in [0.4, 0.5) is 5.69 Å². The normalized spacial score (nSPS) is 15.6. The number of nitrogens with one attached hydrogen (secondary N) is 1. The van der Waals surface area contributed by atoms with Gasteiger partial charge in [0.05, 0.1) is 12.3 Å². The number of fused-ring (bicyclic) bond motifs is 1. The fourth-order valence-electron chi connectivity index (χ4n) is 3.28. The number of unbranched alkanes of at least 4 members (excludes halogenated alkanes) is 3. The molecule has 2 rings (SSSR count). The van der Waals surface area contributed by atoms with E-state index in [1.54, 1.807) is 0 Å². The van der Waals surface area contributed by atoms with Crippen molar-refractivity contribution in [3.63, 3.8) is 0 Å². The Labute approximate surface area is 180 Å². The Hall–Kier alpha value is -1.79. The zero-order chi connectivity index (χ0) is 21.6. The Balaban J connectivity index is 1.63. The predicted octanol–water partition coefficient (Wildman–Crippen LogP) is 4.17. The van der Waals surface area contributed by atoms with Crippen LogP contribution in [0.25, 0.3) is 6.08 Å². The third kappa shape index (κ3) is 8.92. The average Bonchev–Trinajstić information content (AvgIpc) is 2.74. The minimum atomic E-state index is -1.74. The molecule has 0 aromatic heterocycles. The molecule has 1 aromatic carbocycles. The first-order valence-electron chi connectivity index (χ1n) is 10.6. The topological polar surface area (TPSA) is 88.1 Å². The lowest BCUT2D eigenvalue weighted by atomic mass is 10.1. The molecule has 1 atom stereocenters. The van der Waals surface area contributed by atoms with Gasteiger partial charge < -0.3 is 24.2 Å². The minimum Gasteiger partial charge on any atom is -0.356 e. The molecule has 0 saturated carbocycles. The molecule has 7 nitrogen and oxygen atoms in total. The molecule has 1 aliphatic rings. The molecule has 8 heteroatoms. The predicted molar refractivity (Wildman–Crippen MR) is 120 cm³/mol. The van der Waals surface area contributed by atoms with Crippen LogP contribution in [0, 0.1) is 0 Å². The van der Waals surface area contributed by atoms with Crippen LogP contribution in [0.2, 0.25) is 0 Å². The molecule has 30 heavy (non-hydrogen) atoms. The quantitative estimate of drug-likeness (QED) is 0.379. The van der Waals surface area contributed by atoms with Crippen molar-refractivity contribution < 1.29 is 23.5 Å². The Morgan fingerprint density at radius 2 is 1.97 bits per heavy atom. The van der Waals surface area contributed by atoms with Crippen LogP contribution in [0.15, 0.2) is 30.3 Å². The maximum atomic E-state index is 12.8. The van der Waals surface area contributed by atoms with Gasteiger partial charge in [0, 0.05) is 33.0 Å². The van der Waals surface area contributed by atoms with Crippen molar-refractivity contribution in [1.29, 1.82) is 0 Å². The van der Waals surface area contributed by atoms with Crippen LogP contribution in [0.5, 0.6) is 0 Å². The first-order valence-corrected chi connectivity index (χ1v) is 11.7. The van der Waals surface area contributed by atoms with Gasteiger partial charge in [0.15, 0.2) is 0 Å². The Morgan fingerprint density at radius 1 is 1.17 bits per heavy atom. The highest BCUT2D eigenvalue weighted by molar-refractivity contribution is 7.40. The summed E-state index contributed by atoms with van der Waals surface area (Å²) in [4.78, 5) is 35.8. The summed E-state index contributed by atoms with van der Waals surface area (Å²) in [6.07, 6.45) is 10.1. The molecule has 2 N–H and O–H groups in total. The van der Waals surface area contributed by atoms with Crippen molar-refractivity contribution >= 4 is 32.2 Å². The summed E-state index contributed by atoms with van der Waals surface area (Å²) in [5, 5.41) is 2.89. The number of carbonyl (C=O) groups is 2. The van der Waals surface area contributed by atoms with Crippen LogP contribution in [0.3, 0.4) is 0 Å². The van der Waals surface area contributed by atoms with E-state index in [0.717, 1.165) is 49.8 Å². The van der Waals surface area contributed by atoms with Gasteiger partial charge in [-0.3, -0.25) is 9.59 Å². The lowest BCUT2D eigenvalue weighted by Gasteiger charge is -2.25. The molecule has 0 radical (unpaired) electrons. The van der Waals surface area contributed by atoms with Crippen molar-refractivity contribution in [3.05, 3.63) is 35.9 Å². The van der Waals surface area contributed by atoms with Crippen LogP contribution < -0.4 is 10.2 Å². The van der Waals surface area contributed by atoms with Crippen molar-refractivity contribution in [2.75, 3.05) is 31.7 Å². The van der Waals surface area contributed by atoms with E-state index in [0.29, 0.717) is 19.7 Å². The van der Waals surface area contributed by atoms with Gasteiger partial charge >= 0.3 is 8.60 Å². The van der Waals surface area contributed by atoms with Crippen molar-refractivity contribution in [2.24, 2.45) is 0 Å². The van der Waals surface area contributed by atoms with Crippen molar-refractivity contribution in [3.8, 4) is 0 Å². The second-order valence-corrected chi connectivity index (χ2v) is 8.27. The van der Waals surface area contributed by atoms with Crippen LogP contribution in [0.1, 0.15) is 56.9 Å². The second kappa shape index (κ2) is 14.3. The number of benzene rings is 1. The maximum Gasteiger partial charge on any atom is 0.329 e. The molecule has 1 aliphatic heterocycles. The largest absolute Gasteiger partial charge is 0.356 e. The highest BCUT2D eigenvalue weighted by atomic mass is 31.2. The maximum absolute atomic E-state index is 12.8. The zero-order valence-corrected chi connectivity index (χ0v) is 18.6. The van der Waals surface area contributed by atoms with E-state index in [4.69, 9.17) is 9.42 Å². The monoisotopic (exact) mass is 436 g/mol. The SMILES string of the molecule is COP(O)OCCCCCCNC(=O)CCC(=O)N1CCC/C=C\c2ccccc21. The summed E-state index contributed by atoms with van der Waals surface area (Å²) in [6, 6.07) is 7.88. The summed E-state index contributed by atoms with van der Waals surface area (Å²) in [7, 11) is -0.328. The van der Waals surface area contributed by atoms with E-state index in [9.17, 15) is 9.59 Å². The number of allylic oxidation sites excluding steroid dienone is 1. The van der Waals surface area contributed by atoms with E-state index in [1.807, 2.05) is 29.2 Å². The Kier molecular flexibility index (Phi) is 11.6. The Bertz CT molecular complexity index is 698. The molecule has 0 spiro atoms. The number of anilines is 1. The van der Waals surface area contributed by atoms with Gasteiger partial charge in [0.1, 0.15) is 0 Å². The molecule has 1 aromatic rings. The first kappa shape index (κ1) is 24.5. The van der Waals surface area contributed by atoms with Crippen LogP contribution >= 0.6 is 8.60 Å². The van der Waals surface area contributed by atoms with E-state index < -0.39 is 8.60 Å². The molecule has 0 saturated heterocycles. The van der Waals surface area contributed by atoms with Gasteiger partial charge in [-0.05, 0) is 37.3 Å². The molecular formula is C22H33N2O5P. The zero-order valence-electron chi connectivity index (χ0n) is 17.7. The van der Waals surface area contributed by atoms with Gasteiger partial charge in [0.2, 0.25) is 11.8 Å². The fourth-order valence-corrected chi connectivity index (χ4v) is 3.67. The third-order valence-corrected chi connectivity index (χ3v) is 5.61. The molecule has 166 valence electrons. The first-order chi connectivity index (χ1) is 14.6. The van der Waals surface area contributed by atoms with Crippen molar-refractivity contribution in [1.82, 2.24) is 5.32 Å². The van der Waals surface area contributed by atoms with Gasteiger partial charge in [0.25, 0.3) is 0 Å². The van der Waals surface area contributed by atoms with Gasteiger partial charge in [-0.25, -0.2) is 0 Å². The van der Waals surface area contributed by atoms with Gasteiger partial charge in [-0.1, -0.05) is 43.2 Å². The molecule has 0 aliphatic carbocycles. The highest BCUT2D eigenvalue weighted by Gasteiger charge is 2.19. The number of hydrogen-bond donors (Lipinski definition) is 2. The second-order valence-electron chi connectivity index (χ2n) is 7.17. The summed E-state index contributed by atoms with van der Waals surface area (Å²) in [5.41, 5.74) is 1.96. The minimum absolute atomic E-state index is 0.00666. The van der Waals surface area contributed by atoms with Crippen LogP contribution in [-0.4, -0.2) is 43.5 Å².